The van der Waals surface area contributed by atoms with Gasteiger partial charge in [-0.2, -0.15) is 0 Å². The first-order valence-electron chi connectivity index (χ1n) is 8.11. The lowest BCUT2D eigenvalue weighted by molar-refractivity contribution is -0.261. The molecular formula is C16H25N3O3S. The van der Waals surface area contributed by atoms with Crippen molar-refractivity contribution in [3.63, 3.8) is 0 Å². The van der Waals surface area contributed by atoms with Crippen molar-refractivity contribution in [2.45, 2.75) is 50.7 Å². The summed E-state index contributed by atoms with van der Waals surface area (Å²) in [5.41, 5.74) is 6.04. The van der Waals surface area contributed by atoms with Crippen LogP contribution < -0.4 is 5.73 Å². The average molecular weight is 339 g/mol. The molecule has 1 amide bonds. The fourth-order valence-electron chi connectivity index (χ4n) is 4.12. The predicted octanol–water partition coefficient (Wildman–Crippen LogP) is 1.44. The van der Waals surface area contributed by atoms with Gasteiger partial charge in [0.05, 0.1) is 17.4 Å². The van der Waals surface area contributed by atoms with Crippen LogP contribution in [-0.2, 0) is 16.0 Å². The number of hydrogen-bond acceptors (Lipinski definition) is 6. The highest BCUT2D eigenvalue weighted by Crippen LogP contribution is 2.57. The lowest BCUT2D eigenvalue weighted by Crippen LogP contribution is -2.69. The third-order valence-electron chi connectivity index (χ3n) is 5.90. The Morgan fingerprint density at radius 3 is 2.78 bits per heavy atom. The fraction of sp³-hybridized carbons (Fsp3) is 0.750. The Labute approximate surface area is 140 Å². The van der Waals surface area contributed by atoms with Gasteiger partial charge in [0.25, 0.3) is 0 Å². The summed E-state index contributed by atoms with van der Waals surface area (Å²) in [6, 6.07) is 0. The Kier molecular flexibility index (Phi) is 4.37. The van der Waals surface area contributed by atoms with E-state index < -0.39 is 0 Å². The van der Waals surface area contributed by atoms with E-state index in [0.717, 1.165) is 18.5 Å². The van der Waals surface area contributed by atoms with E-state index in [4.69, 9.17) is 10.5 Å². The number of carbonyl (C=O) groups is 1. The van der Waals surface area contributed by atoms with Gasteiger partial charge in [0.2, 0.25) is 5.91 Å². The van der Waals surface area contributed by atoms with Gasteiger partial charge >= 0.3 is 0 Å². The molecule has 1 spiro atoms. The molecule has 1 aliphatic carbocycles. The summed E-state index contributed by atoms with van der Waals surface area (Å²) in [5.74, 6) is 0.152. The molecule has 0 unspecified atom stereocenters. The van der Waals surface area contributed by atoms with Crippen LogP contribution in [0.15, 0.2) is 5.38 Å². The second-order valence-corrected chi connectivity index (χ2v) is 7.76. The van der Waals surface area contributed by atoms with Gasteiger partial charge in [0, 0.05) is 43.8 Å². The summed E-state index contributed by atoms with van der Waals surface area (Å²) in [6.45, 7) is 3.45. The number of methoxy groups -OCH3 is 1. The normalized spacial score (nSPS) is 29.5. The minimum atomic E-state index is -0.317. The summed E-state index contributed by atoms with van der Waals surface area (Å²) in [7, 11) is 1.71. The number of amides is 1. The number of thiazole rings is 1. The van der Waals surface area contributed by atoms with Crippen LogP contribution in [0.3, 0.4) is 0 Å². The van der Waals surface area contributed by atoms with E-state index in [1.54, 1.807) is 7.11 Å². The maximum absolute atomic E-state index is 12.4. The number of hydrogen-bond donors (Lipinski definition) is 2. The third kappa shape index (κ3) is 2.75. The summed E-state index contributed by atoms with van der Waals surface area (Å²) < 4.78 is 5.66. The minimum absolute atomic E-state index is 0.152. The standard InChI is InChI=1S/C16H25N3O3S/c1-15(22-2)9-12(20)16(15)5-7-19(8-6-16)13(21)4-3-11-10-23-14(17)18-11/h10,12,20H,3-9H2,1-2H3,(H2,17,18)/t12-,15+/m1/s1. The molecule has 2 fully saturated rings. The first-order valence-corrected chi connectivity index (χ1v) is 8.99. The number of carbonyl (C=O) groups excluding carboxylic acids is 1. The van der Waals surface area contributed by atoms with Crippen LogP contribution in [0.4, 0.5) is 5.13 Å². The number of aliphatic hydroxyl groups excluding tert-OH is 1. The number of piperidine rings is 1. The average Bonchev–Trinajstić information content (AvgIpc) is 2.98. The largest absolute Gasteiger partial charge is 0.392 e. The smallest absolute Gasteiger partial charge is 0.222 e. The van der Waals surface area contributed by atoms with Crippen molar-refractivity contribution in [3.8, 4) is 0 Å². The van der Waals surface area contributed by atoms with Crippen molar-refractivity contribution < 1.29 is 14.6 Å². The Balaban J connectivity index is 1.53. The summed E-state index contributed by atoms with van der Waals surface area (Å²) in [6.07, 6.45) is 3.06. The molecule has 128 valence electrons. The van der Waals surface area contributed by atoms with Crippen molar-refractivity contribution >= 4 is 22.4 Å². The first kappa shape index (κ1) is 16.7. The summed E-state index contributed by atoms with van der Waals surface area (Å²) >= 11 is 1.40. The molecule has 1 saturated heterocycles. The lowest BCUT2D eigenvalue weighted by atomic mass is 9.51. The molecule has 7 heteroatoms. The van der Waals surface area contributed by atoms with Crippen molar-refractivity contribution in [1.82, 2.24) is 9.88 Å². The molecule has 1 aliphatic heterocycles. The van der Waals surface area contributed by atoms with Crippen molar-refractivity contribution in [1.29, 1.82) is 0 Å². The third-order valence-corrected chi connectivity index (χ3v) is 6.62. The van der Waals surface area contributed by atoms with E-state index in [2.05, 4.69) is 11.9 Å². The number of aromatic nitrogens is 1. The van der Waals surface area contributed by atoms with E-state index in [-0.39, 0.29) is 23.0 Å². The lowest BCUT2D eigenvalue weighted by Gasteiger charge is -2.62. The van der Waals surface area contributed by atoms with E-state index in [0.29, 0.717) is 37.5 Å². The quantitative estimate of drug-likeness (QED) is 0.866. The number of anilines is 1. The Morgan fingerprint density at radius 2 is 2.26 bits per heavy atom. The molecule has 1 aromatic rings. The molecule has 1 saturated carbocycles. The van der Waals surface area contributed by atoms with Crippen LogP contribution in [0.5, 0.6) is 0 Å². The van der Waals surface area contributed by atoms with E-state index >= 15 is 0 Å². The molecule has 3 N–H and O–H groups in total. The highest BCUT2D eigenvalue weighted by Gasteiger charge is 2.63. The van der Waals surface area contributed by atoms with Gasteiger partial charge in [-0.25, -0.2) is 4.98 Å². The van der Waals surface area contributed by atoms with Crippen LogP contribution in [0, 0.1) is 5.41 Å². The van der Waals surface area contributed by atoms with Gasteiger partial charge in [0.15, 0.2) is 5.13 Å². The molecule has 3 rings (SSSR count). The number of ether oxygens (including phenoxy) is 1. The monoisotopic (exact) mass is 339 g/mol. The van der Waals surface area contributed by atoms with Crippen LogP contribution in [0.25, 0.3) is 0 Å². The number of rotatable bonds is 4. The van der Waals surface area contributed by atoms with Gasteiger partial charge < -0.3 is 20.5 Å². The fourth-order valence-corrected chi connectivity index (χ4v) is 4.72. The molecule has 0 bridgehead atoms. The number of likely N-dealkylation sites (tertiary alicyclic amines) is 1. The van der Waals surface area contributed by atoms with Gasteiger partial charge in [-0.1, -0.05) is 0 Å². The van der Waals surface area contributed by atoms with E-state index in [1.165, 1.54) is 11.3 Å². The highest BCUT2D eigenvalue weighted by atomic mass is 32.1. The summed E-state index contributed by atoms with van der Waals surface area (Å²) in [4.78, 5) is 18.5. The Bertz CT molecular complexity index is 583. The molecule has 6 nitrogen and oxygen atoms in total. The van der Waals surface area contributed by atoms with Crippen LogP contribution in [0.2, 0.25) is 0 Å². The Hall–Kier alpha value is -1.18. The maximum atomic E-state index is 12.4. The van der Waals surface area contributed by atoms with Crippen molar-refractivity contribution in [2.24, 2.45) is 5.41 Å². The highest BCUT2D eigenvalue weighted by molar-refractivity contribution is 7.13. The molecule has 2 atom stereocenters. The zero-order chi connectivity index (χ0) is 16.7. The topological polar surface area (TPSA) is 88.7 Å². The molecule has 1 aromatic heterocycles. The molecule has 2 aliphatic rings. The van der Waals surface area contributed by atoms with Gasteiger partial charge in [0.1, 0.15) is 0 Å². The van der Waals surface area contributed by atoms with E-state index in [1.807, 2.05) is 10.3 Å². The first-order chi connectivity index (χ1) is 10.9. The second kappa shape index (κ2) is 6.03. The SMILES string of the molecule is CO[C@@]1(C)C[C@@H](O)C12CCN(C(=O)CCc1csc(N)n1)CC2. The number of aryl methyl sites for hydroxylation is 1. The number of nitrogens with two attached hydrogens (primary N) is 1. The number of aliphatic hydroxyl groups is 1. The van der Waals surface area contributed by atoms with E-state index in [9.17, 15) is 9.90 Å². The number of nitrogen functional groups attached to an aromatic ring is 1. The molecule has 2 heterocycles. The molecule has 0 radical (unpaired) electrons. The van der Waals surface area contributed by atoms with Crippen molar-refractivity contribution in [3.05, 3.63) is 11.1 Å². The zero-order valence-electron chi connectivity index (χ0n) is 13.7. The van der Waals surface area contributed by atoms with Crippen molar-refractivity contribution in [2.75, 3.05) is 25.9 Å². The molecular weight excluding hydrogens is 314 g/mol. The Morgan fingerprint density at radius 1 is 1.57 bits per heavy atom. The summed E-state index contributed by atoms with van der Waals surface area (Å²) in [5, 5.41) is 12.7. The van der Waals surface area contributed by atoms with Crippen LogP contribution >= 0.6 is 11.3 Å². The minimum Gasteiger partial charge on any atom is -0.392 e. The van der Waals surface area contributed by atoms with Gasteiger partial charge in [-0.3, -0.25) is 4.79 Å². The van der Waals surface area contributed by atoms with Gasteiger partial charge in [-0.15, -0.1) is 11.3 Å². The maximum Gasteiger partial charge on any atom is 0.222 e. The molecule has 0 aromatic carbocycles. The van der Waals surface area contributed by atoms with Gasteiger partial charge in [-0.05, 0) is 26.2 Å². The predicted molar refractivity (Wildman–Crippen MR) is 89.1 cm³/mol. The second-order valence-electron chi connectivity index (χ2n) is 6.87. The van der Waals surface area contributed by atoms with Crippen LogP contribution in [-0.4, -0.2) is 52.8 Å². The number of nitrogens with zero attached hydrogens (tertiary/aromatic N) is 2. The molecule has 23 heavy (non-hydrogen) atoms. The van der Waals surface area contributed by atoms with Crippen LogP contribution in [0.1, 0.15) is 38.3 Å². The zero-order valence-corrected chi connectivity index (χ0v) is 14.6.